The van der Waals surface area contributed by atoms with E-state index in [4.69, 9.17) is 0 Å². The lowest BCUT2D eigenvalue weighted by molar-refractivity contribution is 0.0464. The molecule has 1 saturated carbocycles. The minimum atomic E-state index is -3.27. The third-order valence-corrected chi connectivity index (χ3v) is 4.37. The van der Waals surface area contributed by atoms with Crippen molar-refractivity contribution in [3.63, 3.8) is 0 Å². The molecule has 1 aromatic heterocycles. The van der Waals surface area contributed by atoms with Crippen LogP contribution in [-0.4, -0.2) is 44.5 Å². The van der Waals surface area contributed by atoms with E-state index in [1.807, 2.05) is 11.9 Å². The summed E-state index contributed by atoms with van der Waals surface area (Å²) in [5, 5.41) is 9.26. The van der Waals surface area contributed by atoms with Crippen molar-refractivity contribution in [3.8, 4) is 0 Å². The van der Waals surface area contributed by atoms with Gasteiger partial charge in [0.25, 0.3) is 0 Å². The van der Waals surface area contributed by atoms with Crippen molar-refractivity contribution in [2.45, 2.75) is 23.8 Å². The van der Waals surface area contributed by atoms with E-state index in [0.717, 1.165) is 19.4 Å². The Morgan fingerprint density at radius 3 is 2.72 bits per heavy atom. The van der Waals surface area contributed by atoms with E-state index < -0.39 is 9.84 Å². The van der Waals surface area contributed by atoms with Crippen LogP contribution in [0.15, 0.2) is 23.2 Å². The number of aliphatic hydroxyl groups excluding tert-OH is 1. The van der Waals surface area contributed by atoms with Crippen molar-refractivity contribution in [2.24, 2.45) is 5.92 Å². The molecule has 6 heteroatoms. The summed E-state index contributed by atoms with van der Waals surface area (Å²) in [5.74, 6) is 0.904. The fourth-order valence-electron chi connectivity index (χ4n) is 2.28. The molecular formula is C12H18N2O3S. The Kier molecular flexibility index (Phi) is 3.59. The molecule has 2 rings (SSSR count). The number of aromatic nitrogens is 1. The summed E-state index contributed by atoms with van der Waals surface area (Å²) >= 11 is 0. The second-order valence-electron chi connectivity index (χ2n) is 4.97. The number of nitrogens with zero attached hydrogens (tertiary/aromatic N) is 2. The third-order valence-electron chi connectivity index (χ3n) is 3.25. The van der Waals surface area contributed by atoms with Gasteiger partial charge in [-0.05, 0) is 30.9 Å². The Balaban J connectivity index is 2.17. The van der Waals surface area contributed by atoms with Crippen LogP contribution in [0, 0.1) is 5.92 Å². The number of rotatable bonds is 4. The van der Waals surface area contributed by atoms with Crippen LogP contribution in [0.2, 0.25) is 0 Å². The number of pyridine rings is 1. The first-order chi connectivity index (χ1) is 8.38. The van der Waals surface area contributed by atoms with Crippen LogP contribution >= 0.6 is 0 Å². The number of anilines is 1. The fraction of sp³-hybridized carbons (Fsp3) is 0.583. The van der Waals surface area contributed by atoms with Gasteiger partial charge in [-0.15, -0.1) is 0 Å². The highest BCUT2D eigenvalue weighted by molar-refractivity contribution is 7.90. The Hall–Kier alpha value is -1.14. The van der Waals surface area contributed by atoms with E-state index in [1.165, 1.54) is 6.26 Å². The van der Waals surface area contributed by atoms with Crippen LogP contribution in [0.4, 0.5) is 5.82 Å². The Morgan fingerprint density at radius 2 is 2.17 bits per heavy atom. The second kappa shape index (κ2) is 4.85. The lowest BCUT2D eigenvalue weighted by Crippen LogP contribution is -2.37. The van der Waals surface area contributed by atoms with Gasteiger partial charge in [-0.1, -0.05) is 0 Å². The lowest BCUT2D eigenvalue weighted by atomic mass is 9.82. The van der Waals surface area contributed by atoms with Crippen molar-refractivity contribution in [1.29, 1.82) is 0 Å². The maximum Gasteiger partial charge on any atom is 0.179 e. The molecule has 1 aliphatic carbocycles. The van der Waals surface area contributed by atoms with Gasteiger partial charge in [0.2, 0.25) is 0 Å². The van der Waals surface area contributed by atoms with Crippen LogP contribution < -0.4 is 4.90 Å². The van der Waals surface area contributed by atoms with Crippen LogP contribution in [0.3, 0.4) is 0 Å². The molecule has 1 aromatic rings. The normalized spacial score (nSPS) is 23.5. The van der Waals surface area contributed by atoms with E-state index in [0.29, 0.717) is 11.7 Å². The summed E-state index contributed by atoms with van der Waals surface area (Å²) in [6.07, 6.45) is 4.16. The molecule has 18 heavy (non-hydrogen) atoms. The van der Waals surface area contributed by atoms with Crippen molar-refractivity contribution >= 4 is 15.7 Å². The van der Waals surface area contributed by atoms with E-state index >= 15 is 0 Å². The molecule has 0 bridgehead atoms. The lowest BCUT2D eigenvalue weighted by Gasteiger charge is -2.35. The van der Waals surface area contributed by atoms with Crippen molar-refractivity contribution in [1.82, 2.24) is 4.98 Å². The molecule has 0 radical (unpaired) electrons. The summed E-state index contributed by atoms with van der Waals surface area (Å²) in [6.45, 7) is 0.719. The number of aliphatic hydroxyl groups is 1. The zero-order chi connectivity index (χ0) is 13.3. The highest BCUT2D eigenvalue weighted by atomic mass is 32.2. The third kappa shape index (κ3) is 2.81. The molecule has 0 unspecified atom stereocenters. The Labute approximate surface area is 107 Å². The summed E-state index contributed by atoms with van der Waals surface area (Å²) in [6, 6.07) is 3.20. The predicted octanol–water partition coefficient (Wildman–Crippen LogP) is 0.692. The summed E-state index contributed by atoms with van der Waals surface area (Å²) in [4.78, 5) is 6.27. The van der Waals surface area contributed by atoms with Crippen LogP contribution in [0.1, 0.15) is 12.8 Å². The topological polar surface area (TPSA) is 70.5 Å². The van der Waals surface area contributed by atoms with Gasteiger partial charge < -0.3 is 10.0 Å². The second-order valence-corrected chi connectivity index (χ2v) is 6.95. The maximum atomic E-state index is 11.7. The monoisotopic (exact) mass is 270 g/mol. The fourth-order valence-corrected chi connectivity index (χ4v) is 3.15. The van der Waals surface area contributed by atoms with E-state index in [9.17, 15) is 13.5 Å². The minimum Gasteiger partial charge on any atom is -0.393 e. The van der Waals surface area contributed by atoms with Crippen molar-refractivity contribution in [2.75, 3.05) is 24.7 Å². The van der Waals surface area contributed by atoms with Gasteiger partial charge in [0.1, 0.15) is 10.7 Å². The molecule has 0 amide bonds. The van der Waals surface area contributed by atoms with Gasteiger partial charge in [0, 0.05) is 26.0 Å². The standard InChI is InChI=1S/C12H18N2O3S/c1-14(8-9-6-10(15)7-9)12-11(18(2,16)17)4-3-5-13-12/h3-5,9-10,15H,6-8H2,1-2H3. The summed E-state index contributed by atoms with van der Waals surface area (Å²) in [5.41, 5.74) is 0. The molecule has 1 N–H and O–H groups in total. The van der Waals surface area contributed by atoms with Gasteiger partial charge >= 0.3 is 0 Å². The first kappa shape index (κ1) is 13.3. The molecule has 0 saturated heterocycles. The van der Waals surface area contributed by atoms with Crippen LogP contribution in [0.5, 0.6) is 0 Å². The molecule has 0 spiro atoms. The average Bonchev–Trinajstić information content (AvgIpc) is 2.26. The average molecular weight is 270 g/mol. The zero-order valence-corrected chi connectivity index (χ0v) is 11.4. The molecular weight excluding hydrogens is 252 g/mol. The van der Waals surface area contributed by atoms with E-state index in [1.54, 1.807) is 18.3 Å². The quantitative estimate of drug-likeness (QED) is 0.871. The van der Waals surface area contributed by atoms with Crippen molar-refractivity contribution in [3.05, 3.63) is 18.3 Å². The van der Waals surface area contributed by atoms with E-state index in [-0.39, 0.29) is 11.0 Å². The number of hydrogen-bond acceptors (Lipinski definition) is 5. The predicted molar refractivity (Wildman–Crippen MR) is 69.3 cm³/mol. The highest BCUT2D eigenvalue weighted by Crippen LogP contribution is 2.30. The molecule has 5 nitrogen and oxygen atoms in total. The molecule has 1 fully saturated rings. The number of hydrogen-bond donors (Lipinski definition) is 1. The largest absolute Gasteiger partial charge is 0.393 e. The zero-order valence-electron chi connectivity index (χ0n) is 10.6. The van der Waals surface area contributed by atoms with Gasteiger partial charge in [0.15, 0.2) is 9.84 Å². The molecule has 1 aliphatic rings. The SMILES string of the molecule is CN(CC1CC(O)C1)c1ncccc1S(C)(=O)=O. The molecule has 0 aromatic carbocycles. The van der Waals surface area contributed by atoms with Crippen molar-refractivity contribution < 1.29 is 13.5 Å². The van der Waals surface area contributed by atoms with Gasteiger partial charge in [0.05, 0.1) is 6.10 Å². The van der Waals surface area contributed by atoms with Gasteiger partial charge in [-0.3, -0.25) is 0 Å². The summed E-state index contributed by atoms with van der Waals surface area (Å²) < 4.78 is 23.3. The highest BCUT2D eigenvalue weighted by Gasteiger charge is 2.29. The minimum absolute atomic E-state index is 0.193. The van der Waals surface area contributed by atoms with Gasteiger partial charge in [-0.2, -0.15) is 0 Å². The summed E-state index contributed by atoms with van der Waals surface area (Å²) in [7, 11) is -1.43. The molecule has 0 aliphatic heterocycles. The first-order valence-corrected chi connectivity index (χ1v) is 7.81. The van der Waals surface area contributed by atoms with E-state index in [2.05, 4.69) is 4.98 Å². The maximum absolute atomic E-state index is 11.7. The van der Waals surface area contributed by atoms with Gasteiger partial charge in [-0.25, -0.2) is 13.4 Å². The Morgan fingerprint density at radius 1 is 1.50 bits per heavy atom. The van der Waals surface area contributed by atoms with Crippen LogP contribution in [-0.2, 0) is 9.84 Å². The smallest absolute Gasteiger partial charge is 0.179 e. The first-order valence-electron chi connectivity index (χ1n) is 5.92. The molecule has 100 valence electrons. The van der Waals surface area contributed by atoms with Crippen LogP contribution in [0.25, 0.3) is 0 Å². The molecule has 1 heterocycles. The Bertz CT molecular complexity index is 524. The molecule has 0 atom stereocenters. The number of sulfone groups is 1.